The van der Waals surface area contributed by atoms with E-state index in [0.29, 0.717) is 0 Å². The van der Waals surface area contributed by atoms with E-state index in [1.165, 1.54) is 4.80 Å². The summed E-state index contributed by atoms with van der Waals surface area (Å²) in [4.78, 5) is 15.4. The first-order valence-corrected chi connectivity index (χ1v) is 5.66. The Bertz CT molecular complexity index is 384. The molecular weight excluding hydrogens is 222 g/mol. The molecule has 1 aliphatic rings. The average molecular weight is 239 g/mol. The van der Waals surface area contributed by atoms with E-state index in [9.17, 15) is 4.79 Å². The molecule has 0 bridgehead atoms. The highest BCUT2D eigenvalue weighted by Crippen LogP contribution is 2.03. The van der Waals surface area contributed by atoms with Gasteiger partial charge in [0.2, 0.25) is 5.91 Å². The fraction of sp³-hybridized carbons (Fsp3) is 0.778. The molecule has 0 radical (unpaired) electrons. The number of piperazine rings is 1. The molecule has 2 heterocycles. The van der Waals surface area contributed by atoms with Gasteiger partial charge in [-0.2, -0.15) is 4.80 Å². The summed E-state index contributed by atoms with van der Waals surface area (Å²) in [6, 6.07) is -0.180. The number of nitrogens with zero attached hydrogens (tertiary/aromatic N) is 5. The number of carbonyl (C=O) groups is 1. The lowest BCUT2D eigenvalue weighted by Crippen LogP contribution is -2.51. The van der Waals surface area contributed by atoms with Gasteiger partial charge in [-0.25, -0.2) is 0 Å². The lowest BCUT2D eigenvalue weighted by molar-refractivity contribution is -0.121. The standard InChI is InChI=1S/C9H17N7O/c1-7(16-5-3-10-4-6-16)8(17)11-9-12-14-15(2)13-9/h7,10H,3-6H2,1-2H3,(H,11,13,17). The van der Waals surface area contributed by atoms with Crippen LogP contribution < -0.4 is 10.6 Å². The molecule has 1 fully saturated rings. The summed E-state index contributed by atoms with van der Waals surface area (Å²) < 4.78 is 0. The number of aryl methyl sites for hydroxylation is 1. The molecule has 0 saturated carbocycles. The topological polar surface area (TPSA) is 88.0 Å². The van der Waals surface area contributed by atoms with Crippen LogP contribution in [-0.4, -0.2) is 63.2 Å². The van der Waals surface area contributed by atoms with Crippen molar-refractivity contribution in [2.45, 2.75) is 13.0 Å². The summed E-state index contributed by atoms with van der Waals surface area (Å²) in [5.41, 5.74) is 0. The third kappa shape index (κ3) is 2.98. The Morgan fingerprint density at radius 2 is 2.18 bits per heavy atom. The van der Waals surface area contributed by atoms with Crippen LogP contribution in [0.15, 0.2) is 0 Å². The maximum Gasteiger partial charge on any atom is 0.270 e. The molecule has 2 rings (SSSR count). The lowest BCUT2D eigenvalue weighted by Gasteiger charge is -2.31. The van der Waals surface area contributed by atoms with Gasteiger partial charge < -0.3 is 5.32 Å². The smallest absolute Gasteiger partial charge is 0.270 e. The molecule has 8 nitrogen and oxygen atoms in total. The van der Waals surface area contributed by atoms with Crippen LogP contribution >= 0.6 is 0 Å². The fourth-order valence-corrected chi connectivity index (χ4v) is 1.78. The van der Waals surface area contributed by atoms with E-state index in [2.05, 4.69) is 30.9 Å². The number of nitrogens with one attached hydrogen (secondary N) is 2. The molecule has 94 valence electrons. The molecule has 1 amide bonds. The van der Waals surface area contributed by atoms with Crippen LogP contribution in [0.2, 0.25) is 0 Å². The monoisotopic (exact) mass is 239 g/mol. The number of carbonyl (C=O) groups excluding carboxylic acids is 1. The first kappa shape index (κ1) is 11.9. The van der Waals surface area contributed by atoms with Crippen molar-refractivity contribution in [3.63, 3.8) is 0 Å². The zero-order valence-corrected chi connectivity index (χ0v) is 10.1. The van der Waals surface area contributed by atoms with Crippen molar-refractivity contribution in [3.8, 4) is 0 Å². The van der Waals surface area contributed by atoms with Gasteiger partial charge in [-0.15, -0.1) is 5.10 Å². The minimum absolute atomic E-state index is 0.0973. The average Bonchev–Trinajstić information content (AvgIpc) is 2.75. The van der Waals surface area contributed by atoms with E-state index in [1.807, 2.05) is 6.92 Å². The third-order valence-electron chi connectivity index (χ3n) is 2.82. The van der Waals surface area contributed by atoms with E-state index < -0.39 is 0 Å². The van der Waals surface area contributed by atoms with Gasteiger partial charge in [0.25, 0.3) is 5.95 Å². The minimum atomic E-state index is -0.180. The Hall–Kier alpha value is -1.54. The van der Waals surface area contributed by atoms with Crippen LogP contribution in [0.25, 0.3) is 0 Å². The van der Waals surface area contributed by atoms with Crippen LogP contribution in [0.3, 0.4) is 0 Å². The van der Waals surface area contributed by atoms with Gasteiger partial charge in [0.15, 0.2) is 0 Å². The Kier molecular flexibility index (Phi) is 3.64. The summed E-state index contributed by atoms with van der Waals surface area (Å²) in [5.74, 6) is 0.152. The Balaban J connectivity index is 1.90. The van der Waals surface area contributed by atoms with Gasteiger partial charge in [0.1, 0.15) is 0 Å². The number of anilines is 1. The second kappa shape index (κ2) is 5.19. The summed E-state index contributed by atoms with van der Waals surface area (Å²) in [7, 11) is 1.66. The first-order chi connectivity index (χ1) is 8.16. The van der Waals surface area contributed by atoms with Gasteiger partial charge in [-0.05, 0) is 12.1 Å². The van der Waals surface area contributed by atoms with Gasteiger partial charge in [0, 0.05) is 26.2 Å². The van der Waals surface area contributed by atoms with Crippen molar-refractivity contribution in [2.24, 2.45) is 7.05 Å². The molecule has 1 aliphatic heterocycles. The van der Waals surface area contributed by atoms with Crippen LogP contribution in [0.4, 0.5) is 5.95 Å². The first-order valence-electron chi connectivity index (χ1n) is 5.66. The van der Waals surface area contributed by atoms with Crippen molar-refractivity contribution in [1.29, 1.82) is 0 Å². The van der Waals surface area contributed by atoms with Crippen molar-refractivity contribution in [2.75, 3.05) is 31.5 Å². The Morgan fingerprint density at radius 1 is 1.47 bits per heavy atom. The Morgan fingerprint density at radius 3 is 2.76 bits per heavy atom. The zero-order chi connectivity index (χ0) is 12.3. The summed E-state index contributed by atoms with van der Waals surface area (Å²) in [5, 5.41) is 17.2. The molecule has 0 aromatic carbocycles. The van der Waals surface area contributed by atoms with Gasteiger partial charge in [-0.3, -0.25) is 15.0 Å². The zero-order valence-electron chi connectivity index (χ0n) is 10.1. The molecule has 8 heteroatoms. The normalized spacial score (nSPS) is 18.9. The van der Waals surface area contributed by atoms with Gasteiger partial charge in [-0.1, -0.05) is 5.10 Å². The molecule has 0 aliphatic carbocycles. The van der Waals surface area contributed by atoms with Crippen LogP contribution in [0.5, 0.6) is 0 Å². The number of hydrogen-bond acceptors (Lipinski definition) is 6. The second-order valence-electron chi connectivity index (χ2n) is 4.05. The Labute approximate surface area is 99.3 Å². The van der Waals surface area contributed by atoms with Crippen molar-refractivity contribution in [3.05, 3.63) is 0 Å². The quantitative estimate of drug-likeness (QED) is 0.663. The summed E-state index contributed by atoms with van der Waals surface area (Å²) >= 11 is 0. The van der Waals surface area contributed by atoms with Crippen LogP contribution in [0, 0.1) is 0 Å². The number of amides is 1. The van der Waals surface area contributed by atoms with Gasteiger partial charge in [0.05, 0.1) is 13.1 Å². The molecule has 1 unspecified atom stereocenters. The van der Waals surface area contributed by atoms with E-state index in [4.69, 9.17) is 0 Å². The minimum Gasteiger partial charge on any atom is -0.314 e. The molecule has 0 spiro atoms. The summed E-state index contributed by atoms with van der Waals surface area (Å²) in [6.45, 7) is 5.48. The number of rotatable bonds is 3. The fourth-order valence-electron chi connectivity index (χ4n) is 1.78. The predicted molar refractivity (Wildman–Crippen MR) is 61.3 cm³/mol. The predicted octanol–water partition coefficient (Wildman–Crippen LogP) is -1.56. The molecule has 1 saturated heterocycles. The van der Waals surface area contributed by atoms with Crippen molar-refractivity contribution < 1.29 is 4.79 Å². The van der Waals surface area contributed by atoms with E-state index in [-0.39, 0.29) is 17.9 Å². The summed E-state index contributed by atoms with van der Waals surface area (Å²) in [6.07, 6.45) is 0. The van der Waals surface area contributed by atoms with Crippen LogP contribution in [0.1, 0.15) is 6.92 Å². The highest BCUT2D eigenvalue weighted by molar-refractivity contribution is 5.92. The van der Waals surface area contributed by atoms with Gasteiger partial charge >= 0.3 is 0 Å². The van der Waals surface area contributed by atoms with Crippen molar-refractivity contribution >= 4 is 11.9 Å². The second-order valence-corrected chi connectivity index (χ2v) is 4.05. The largest absolute Gasteiger partial charge is 0.314 e. The van der Waals surface area contributed by atoms with Crippen LogP contribution in [-0.2, 0) is 11.8 Å². The van der Waals surface area contributed by atoms with E-state index in [1.54, 1.807) is 7.05 Å². The maximum atomic E-state index is 11.9. The molecule has 2 N–H and O–H groups in total. The maximum absolute atomic E-state index is 11.9. The molecule has 17 heavy (non-hydrogen) atoms. The molecular formula is C9H17N7O. The van der Waals surface area contributed by atoms with E-state index >= 15 is 0 Å². The molecule has 1 atom stereocenters. The SMILES string of the molecule is CC(C(=O)Nc1nnn(C)n1)N1CCNCC1. The third-order valence-corrected chi connectivity index (χ3v) is 2.82. The van der Waals surface area contributed by atoms with Crippen molar-refractivity contribution in [1.82, 2.24) is 30.4 Å². The molecule has 1 aromatic rings. The highest BCUT2D eigenvalue weighted by Gasteiger charge is 2.23. The molecule has 1 aromatic heterocycles. The highest BCUT2D eigenvalue weighted by atomic mass is 16.2. The number of aromatic nitrogens is 4. The lowest BCUT2D eigenvalue weighted by atomic mass is 10.2. The number of hydrogen-bond donors (Lipinski definition) is 2. The van der Waals surface area contributed by atoms with E-state index in [0.717, 1.165) is 26.2 Å². The number of tetrazole rings is 1.